The van der Waals surface area contributed by atoms with E-state index in [0.717, 1.165) is 17.5 Å². The summed E-state index contributed by atoms with van der Waals surface area (Å²) < 4.78 is 29.7. The Hall–Kier alpha value is -2.78. The summed E-state index contributed by atoms with van der Waals surface area (Å²) in [5, 5.41) is 11.3. The molecule has 1 amide bonds. The zero-order valence-electron chi connectivity index (χ0n) is 18.4. The fourth-order valence-electron chi connectivity index (χ4n) is 4.02. The summed E-state index contributed by atoms with van der Waals surface area (Å²) in [6, 6.07) is 14.9. The van der Waals surface area contributed by atoms with Gasteiger partial charge in [-0.05, 0) is 49.9 Å². The SMILES string of the molecule is CC[C@H](C)n1nnc2cc(S(=O)(=O)N3CCC(C(=O)NCc4ccccc4)CC3)ccc21. The Kier molecular flexibility index (Phi) is 6.57. The van der Waals surface area contributed by atoms with Gasteiger partial charge >= 0.3 is 0 Å². The molecule has 2 aromatic carbocycles. The van der Waals surface area contributed by atoms with Crippen molar-refractivity contribution in [1.82, 2.24) is 24.6 Å². The lowest BCUT2D eigenvalue weighted by Gasteiger charge is -2.30. The molecule has 0 spiro atoms. The second-order valence-electron chi connectivity index (χ2n) is 8.32. The van der Waals surface area contributed by atoms with E-state index < -0.39 is 10.0 Å². The molecule has 1 N–H and O–H groups in total. The van der Waals surface area contributed by atoms with Crippen LogP contribution < -0.4 is 5.32 Å². The smallest absolute Gasteiger partial charge is 0.243 e. The first-order valence-electron chi connectivity index (χ1n) is 11.1. The maximum Gasteiger partial charge on any atom is 0.243 e. The molecule has 2 heterocycles. The number of nitrogens with one attached hydrogen (secondary N) is 1. The van der Waals surface area contributed by atoms with E-state index in [2.05, 4.69) is 29.5 Å². The quantitative estimate of drug-likeness (QED) is 0.590. The van der Waals surface area contributed by atoms with Crippen molar-refractivity contribution in [1.29, 1.82) is 0 Å². The highest BCUT2D eigenvalue weighted by molar-refractivity contribution is 7.89. The molecule has 170 valence electrons. The number of amides is 1. The Morgan fingerprint density at radius 3 is 2.56 bits per heavy atom. The second kappa shape index (κ2) is 9.38. The van der Waals surface area contributed by atoms with E-state index in [9.17, 15) is 13.2 Å². The van der Waals surface area contributed by atoms with Gasteiger partial charge in [0.25, 0.3) is 0 Å². The Morgan fingerprint density at radius 1 is 1.16 bits per heavy atom. The highest BCUT2D eigenvalue weighted by atomic mass is 32.2. The number of benzene rings is 2. The van der Waals surface area contributed by atoms with Crippen molar-refractivity contribution >= 4 is 27.0 Å². The summed E-state index contributed by atoms with van der Waals surface area (Å²) in [6.45, 7) is 5.25. The number of sulfonamides is 1. The van der Waals surface area contributed by atoms with E-state index in [1.54, 1.807) is 18.2 Å². The number of rotatable bonds is 7. The third kappa shape index (κ3) is 4.54. The average molecular weight is 456 g/mol. The molecule has 1 fully saturated rings. The fourth-order valence-corrected chi connectivity index (χ4v) is 5.51. The molecule has 1 aliphatic rings. The molecule has 9 heteroatoms. The molecule has 3 aromatic rings. The van der Waals surface area contributed by atoms with Crippen LogP contribution in [0, 0.1) is 5.92 Å². The molecule has 0 saturated carbocycles. The summed E-state index contributed by atoms with van der Waals surface area (Å²) >= 11 is 0. The molecule has 1 aliphatic heterocycles. The number of carbonyl (C=O) groups is 1. The monoisotopic (exact) mass is 455 g/mol. The molecule has 1 aromatic heterocycles. The van der Waals surface area contributed by atoms with Crippen LogP contribution in [0.1, 0.15) is 44.7 Å². The predicted octanol–water partition coefficient (Wildman–Crippen LogP) is 3.12. The van der Waals surface area contributed by atoms with Gasteiger partial charge in [-0.2, -0.15) is 4.31 Å². The van der Waals surface area contributed by atoms with Crippen LogP contribution in [-0.4, -0.2) is 46.7 Å². The normalized spacial score (nSPS) is 16.8. The summed E-state index contributed by atoms with van der Waals surface area (Å²) in [6.07, 6.45) is 1.92. The van der Waals surface area contributed by atoms with Crippen molar-refractivity contribution in [2.75, 3.05) is 13.1 Å². The van der Waals surface area contributed by atoms with Crippen LogP contribution >= 0.6 is 0 Å². The molecule has 32 heavy (non-hydrogen) atoms. The zero-order valence-corrected chi connectivity index (χ0v) is 19.3. The van der Waals surface area contributed by atoms with Gasteiger partial charge < -0.3 is 5.32 Å². The van der Waals surface area contributed by atoms with Gasteiger partial charge in [0, 0.05) is 25.6 Å². The lowest BCUT2D eigenvalue weighted by molar-refractivity contribution is -0.126. The number of piperidine rings is 1. The van der Waals surface area contributed by atoms with Crippen LogP contribution in [0.4, 0.5) is 0 Å². The van der Waals surface area contributed by atoms with Crippen molar-refractivity contribution in [3.63, 3.8) is 0 Å². The summed E-state index contributed by atoms with van der Waals surface area (Å²) in [5.41, 5.74) is 2.44. The first-order valence-corrected chi connectivity index (χ1v) is 12.5. The van der Waals surface area contributed by atoms with Crippen molar-refractivity contribution < 1.29 is 13.2 Å². The van der Waals surface area contributed by atoms with E-state index in [4.69, 9.17) is 0 Å². The van der Waals surface area contributed by atoms with E-state index in [1.165, 1.54) is 4.31 Å². The number of aromatic nitrogens is 3. The van der Waals surface area contributed by atoms with Gasteiger partial charge in [-0.25, -0.2) is 13.1 Å². The van der Waals surface area contributed by atoms with Gasteiger partial charge in [-0.3, -0.25) is 4.79 Å². The number of hydrogen-bond acceptors (Lipinski definition) is 5. The van der Waals surface area contributed by atoms with Crippen LogP contribution in [0.3, 0.4) is 0 Å². The Labute approximate surface area is 188 Å². The van der Waals surface area contributed by atoms with E-state index >= 15 is 0 Å². The minimum absolute atomic E-state index is 0.0195. The molecule has 1 atom stereocenters. The zero-order chi connectivity index (χ0) is 22.7. The average Bonchev–Trinajstić information content (AvgIpc) is 3.26. The third-order valence-corrected chi connectivity index (χ3v) is 8.12. The topological polar surface area (TPSA) is 97.2 Å². The standard InChI is InChI=1S/C23H29N5O3S/c1-3-17(2)28-22-10-9-20(15-21(22)25-26-28)32(30,31)27-13-11-19(12-14-27)23(29)24-16-18-7-5-4-6-8-18/h4-10,15,17,19H,3,11-14,16H2,1-2H3,(H,24,29)/t17-/m0/s1. The van der Waals surface area contributed by atoms with Crippen molar-refractivity contribution in [3.8, 4) is 0 Å². The second-order valence-corrected chi connectivity index (χ2v) is 10.3. The Bertz CT molecular complexity index is 1180. The van der Waals surface area contributed by atoms with Gasteiger partial charge in [0.15, 0.2) is 0 Å². The van der Waals surface area contributed by atoms with Crippen molar-refractivity contribution in [2.45, 2.75) is 50.6 Å². The van der Waals surface area contributed by atoms with E-state index in [1.807, 2.05) is 35.0 Å². The predicted molar refractivity (Wildman–Crippen MR) is 122 cm³/mol. The largest absolute Gasteiger partial charge is 0.352 e. The fraction of sp³-hybridized carbons (Fsp3) is 0.435. The Morgan fingerprint density at radius 2 is 1.88 bits per heavy atom. The van der Waals surface area contributed by atoms with E-state index in [-0.39, 0.29) is 22.8 Å². The maximum absolute atomic E-state index is 13.2. The minimum Gasteiger partial charge on any atom is -0.352 e. The number of carbonyl (C=O) groups excluding carboxylic acids is 1. The van der Waals surface area contributed by atoms with Crippen LogP contribution in [0.2, 0.25) is 0 Å². The highest BCUT2D eigenvalue weighted by Crippen LogP contribution is 2.27. The van der Waals surface area contributed by atoms with Crippen LogP contribution in [-0.2, 0) is 21.4 Å². The van der Waals surface area contributed by atoms with Crippen LogP contribution in [0.25, 0.3) is 11.0 Å². The molecule has 0 unspecified atom stereocenters. The first-order chi connectivity index (χ1) is 15.4. The van der Waals surface area contributed by atoms with Gasteiger partial charge in [-0.1, -0.05) is 42.5 Å². The molecule has 0 radical (unpaired) electrons. The molecular formula is C23H29N5O3S. The Balaban J connectivity index is 1.39. The van der Waals surface area contributed by atoms with Gasteiger partial charge in [-0.15, -0.1) is 5.10 Å². The summed E-state index contributed by atoms with van der Waals surface area (Å²) in [5.74, 6) is -0.197. The third-order valence-electron chi connectivity index (χ3n) is 6.22. The van der Waals surface area contributed by atoms with Crippen LogP contribution in [0.15, 0.2) is 53.4 Å². The van der Waals surface area contributed by atoms with Crippen molar-refractivity contribution in [3.05, 3.63) is 54.1 Å². The molecule has 4 rings (SSSR count). The van der Waals surface area contributed by atoms with Crippen molar-refractivity contribution in [2.24, 2.45) is 5.92 Å². The number of fused-ring (bicyclic) bond motifs is 1. The molecule has 1 saturated heterocycles. The number of hydrogen-bond donors (Lipinski definition) is 1. The van der Waals surface area contributed by atoms with Gasteiger partial charge in [0.05, 0.1) is 16.5 Å². The van der Waals surface area contributed by atoms with E-state index in [0.29, 0.717) is 38.0 Å². The first kappa shape index (κ1) is 22.4. The summed E-state index contributed by atoms with van der Waals surface area (Å²) in [4.78, 5) is 12.7. The lowest BCUT2D eigenvalue weighted by Crippen LogP contribution is -2.42. The molecule has 0 bridgehead atoms. The van der Waals surface area contributed by atoms with Gasteiger partial charge in [0.2, 0.25) is 15.9 Å². The lowest BCUT2D eigenvalue weighted by atomic mass is 9.97. The van der Waals surface area contributed by atoms with Gasteiger partial charge in [0.1, 0.15) is 5.52 Å². The molecule has 0 aliphatic carbocycles. The maximum atomic E-state index is 13.2. The van der Waals surface area contributed by atoms with Crippen LogP contribution in [0.5, 0.6) is 0 Å². The number of nitrogens with zero attached hydrogens (tertiary/aromatic N) is 4. The molecule has 8 nitrogen and oxygen atoms in total. The highest BCUT2D eigenvalue weighted by Gasteiger charge is 2.32. The molecular weight excluding hydrogens is 426 g/mol. The minimum atomic E-state index is -3.65. The summed E-state index contributed by atoms with van der Waals surface area (Å²) in [7, 11) is -3.65.